The Morgan fingerprint density at radius 2 is 2.33 bits per heavy atom. The molecule has 3 nitrogen and oxygen atoms in total. The molecule has 6 heteroatoms. The van der Waals surface area contributed by atoms with Gasteiger partial charge in [0.25, 0.3) is 0 Å². The van der Waals surface area contributed by atoms with Crippen molar-refractivity contribution in [2.24, 2.45) is 5.73 Å². The molecule has 0 bridgehead atoms. The van der Waals surface area contributed by atoms with Gasteiger partial charge in [-0.1, -0.05) is 0 Å². The Balaban J connectivity index is 0. The van der Waals surface area contributed by atoms with E-state index in [2.05, 4.69) is 0 Å². The third kappa shape index (κ3) is 5.24. The molecule has 0 aliphatic rings. The number of hydrogen-bond donors (Lipinski definition) is 1. The molecule has 2 N–H and O–H groups in total. The Labute approximate surface area is 105 Å². The fourth-order valence-corrected chi connectivity index (χ4v) is 1.06. The van der Waals surface area contributed by atoms with E-state index in [4.69, 9.17) is 10.5 Å². The van der Waals surface area contributed by atoms with Crippen LogP contribution in [-0.4, -0.2) is 29.9 Å². The van der Waals surface area contributed by atoms with Gasteiger partial charge in [-0.3, -0.25) is 4.79 Å². The second kappa shape index (κ2) is 8.16. The molecular formula is C6H10AlNO2SZr. The monoisotopic (exact) mass is 277 g/mol. The van der Waals surface area contributed by atoms with Crippen LogP contribution in [0.3, 0.4) is 0 Å². The van der Waals surface area contributed by atoms with Gasteiger partial charge < -0.3 is 10.5 Å². The average Bonchev–Trinajstić information content (AvgIpc) is 2.40. The number of esters is 1. The maximum atomic E-state index is 10.5. The van der Waals surface area contributed by atoms with Crippen LogP contribution in [0, 0.1) is 0 Å². The van der Waals surface area contributed by atoms with Crippen molar-refractivity contribution in [2.75, 3.05) is 6.54 Å². The molecule has 0 unspecified atom stereocenters. The van der Waals surface area contributed by atoms with Crippen molar-refractivity contribution >= 4 is 34.7 Å². The van der Waals surface area contributed by atoms with Crippen LogP contribution >= 0.6 is 11.3 Å². The van der Waals surface area contributed by atoms with Crippen molar-refractivity contribution in [3.8, 4) is 5.06 Å². The average molecular weight is 278 g/mol. The van der Waals surface area contributed by atoms with Crippen LogP contribution in [0.15, 0.2) is 17.5 Å². The van der Waals surface area contributed by atoms with Crippen molar-refractivity contribution in [2.45, 2.75) is 0 Å². The first kappa shape index (κ1) is 15.0. The number of carbonyl (C=O) groups is 1. The van der Waals surface area contributed by atoms with Crippen LogP contribution in [0.5, 0.6) is 5.06 Å². The van der Waals surface area contributed by atoms with E-state index in [0.29, 0.717) is 5.06 Å². The Morgan fingerprint density at radius 1 is 1.67 bits per heavy atom. The minimum absolute atomic E-state index is 0. The van der Waals surface area contributed by atoms with Gasteiger partial charge in [0, 0.05) is 26.2 Å². The first-order valence-electron chi connectivity index (χ1n) is 2.77. The second-order valence-electron chi connectivity index (χ2n) is 1.61. The molecule has 1 aromatic heterocycles. The quantitative estimate of drug-likeness (QED) is 0.582. The van der Waals surface area contributed by atoms with E-state index in [1.54, 1.807) is 6.07 Å². The molecule has 0 spiro atoms. The maximum absolute atomic E-state index is 10.5. The first-order chi connectivity index (χ1) is 4.83. The van der Waals surface area contributed by atoms with Gasteiger partial charge in [-0.2, -0.15) is 0 Å². The van der Waals surface area contributed by atoms with E-state index < -0.39 is 5.97 Å². The van der Waals surface area contributed by atoms with E-state index in [9.17, 15) is 4.79 Å². The largest absolute Gasteiger partial charge is 0.414 e. The summed E-state index contributed by atoms with van der Waals surface area (Å²) in [6.07, 6.45) is 0. The van der Waals surface area contributed by atoms with Crippen molar-refractivity contribution in [3.63, 3.8) is 0 Å². The molecule has 0 fully saturated rings. The predicted molar refractivity (Wildman–Crippen MR) is 48.9 cm³/mol. The number of nitrogens with two attached hydrogens (primary N) is 1. The zero-order valence-corrected chi connectivity index (χ0v) is 9.02. The van der Waals surface area contributed by atoms with Gasteiger partial charge in [0.05, 0.1) is 6.54 Å². The third-order valence-corrected chi connectivity index (χ3v) is 1.62. The van der Waals surface area contributed by atoms with E-state index >= 15 is 0 Å². The minimum Gasteiger partial charge on any atom is -0.414 e. The molecule has 0 saturated heterocycles. The van der Waals surface area contributed by atoms with Gasteiger partial charge in [0.1, 0.15) is 0 Å². The van der Waals surface area contributed by atoms with Crippen molar-refractivity contribution in [3.05, 3.63) is 17.5 Å². The van der Waals surface area contributed by atoms with Gasteiger partial charge in [0.2, 0.25) is 0 Å². The summed E-state index contributed by atoms with van der Waals surface area (Å²) in [7, 11) is 0. The van der Waals surface area contributed by atoms with Gasteiger partial charge in [-0.25, -0.2) is 0 Å². The van der Waals surface area contributed by atoms with Crippen molar-refractivity contribution in [1.82, 2.24) is 0 Å². The molecule has 0 saturated carbocycles. The first-order valence-corrected chi connectivity index (χ1v) is 3.65. The number of rotatable bonds is 2. The van der Waals surface area contributed by atoms with Gasteiger partial charge in [-0.15, -0.1) is 11.3 Å². The summed E-state index contributed by atoms with van der Waals surface area (Å²) in [5, 5.41) is 2.43. The molecule has 0 aliphatic carbocycles. The van der Waals surface area contributed by atoms with Crippen LogP contribution in [0.4, 0.5) is 0 Å². The molecule has 0 aromatic carbocycles. The molecule has 0 atom stereocenters. The van der Waals surface area contributed by atoms with Gasteiger partial charge in [-0.05, 0) is 17.5 Å². The molecule has 0 aliphatic heterocycles. The molecule has 1 heterocycles. The molecular weight excluding hydrogens is 268 g/mol. The van der Waals surface area contributed by atoms with Crippen molar-refractivity contribution in [1.29, 1.82) is 0 Å². The van der Waals surface area contributed by atoms with Gasteiger partial charge in [0.15, 0.2) is 22.4 Å². The summed E-state index contributed by atoms with van der Waals surface area (Å²) >= 11 is 1.37. The molecule has 0 radical (unpaired) electrons. The van der Waals surface area contributed by atoms with E-state index in [-0.39, 0.29) is 50.1 Å². The summed E-state index contributed by atoms with van der Waals surface area (Å²) < 4.78 is 4.76. The summed E-state index contributed by atoms with van der Waals surface area (Å²) in [6, 6.07) is 3.53. The standard InChI is InChI=1S/C6H7NO2S.Al.Zr.3H/c7-4-5(8)9-6-2-1-3-10-6;;;;;/h1-3H,4,7H2;;;;;. The van der Waals surface area contributed by atoms with Crippen molar-refractivity contribution < 1.29 is 35.7 Å². The number of carbonyl (C=O) groups excluding carboxylic acids is 1. The fraction of sp³-hybridized carbons (Fsp3) is 0.167. The van der Waals surface area contributed by atoms with Crippen LogP contribution in [0.2, 0.25) is 0 Å². The Kier molecular flexibility index (Phi) is 10.2. The SMILES string of the molecule is NCC(=O)Oc1cccs1.[AlH3].[Zr]. The number of thiophene rings is 1. The summed E-state index contributed by atoms with van der Waals surface area (Å²) in [5.74, 6) is -0.401. The van der Waals surface area contributed by atoms with Crippen LogP contribution in [0.1, 0.15) is 0 Å². The van der Waals surface area contributed by atoms with Gasteiger partial charge >= 0.3 is 5.97 Å². The molecule has 12 heavy (non-hydrogen) atoms. The maximum Gasteiger partial charge on any atom is 0.325 e. The Morgan fingerprint density at radius 3 is 2.75 bits per heavy atom. The topological polar surface area (TPSA) is 52.3 Å². The van der Waals surface area contributed by atoms with Crippen LogP contribution in [-0.2, 0) is 31.0 Å². The number of ether oxygens (including phenoxy) is 1. The zero-order valence-electron chi connectivity index (χ0n) is 5.74. The Bertz CT molecular complexity index is 217. The van der Waals surface area contributed by atoms with Crippen LogP contribution < -0.4 is 10.5 Å². The Hall–Kier alpha value is 0.546. The molecule has 1 rings (SSSR count). The predicted octanol–water partition coefficient (Wildman–Crippen LogP) is -0.574. The zero-order chi connectivity index (χ0) is 7.40. The summed E-state index contributed by atoms with van der Waals surface area (Å²) in [6.45, 7) is -0.0715. The fourth-order valence-electron chi connectivity index (χ4n) is 0.475. The molecule has 0 amide bonds. The number of hydrogen-bond acceptors (Lipinski definition) is 4. The molecule has 64 valence electrons. The normalized spacial score (nSPS) is 7.75. The summed E-state index contributed by atoms with van der Waals surface area (Å²) in [5.41, 5.74) is 5.02. The second-order valence-corrected chi connectivity index (χ2v) is 2.52. The smallest absolute Gasteiger partial charge is 0.325 e. The third-order valence-electron chi connectivity index (χ3n) is 0.876. The minimum atomic E-state index is -0.401. The summed E-state index contributed by atoms with van der Waals surface area (Å²) in [4.78, 5) is 10.5. The van der Waals surface area contributed by atoms with E-state index in [1.165, 1.54) is 11.3 Å². The molecule has 1 aromatic rings. The van der Waals surface area contributed by atoms with Crippen LogP contribution in [0.25, 0.3) is 0 Å². The van der Waals surface area contributed by atoms with E-state index in [0.717, 1.165) is 0 Å². The van der Waals surface area contributed by atoms with E-state index in [1.807, 2.05) is 11.4 Å².